The van der Waals surface area contributed by atoms with Gasteiger partial charge in [-0.3, -0.25) is 0 Å². The zero-order valence-electron chi connectivity index (χ0n) is 14.1. The van der Waals surface area contributed by atoms with Crippen LogP contribution in [0.4, 0.5) is 5.69 Å². The van der Waals surface area contributed by atoms with Gasteiger partial charge in [0.1, 0.15) is 13.2 Å². The molecule has 3 heterocycles. The van der Waals surface area contributed by atoms with Gasteiger partial charge >= 0.3 is 0 Å². The molecule has 0 amide bonds. The Morgan fingerprint density at radius 1 is 1.17 bits per heavy atom. The first-order valence-corrected chi connectivity index (χ1v) is 8.80. The minimum absolute atomic E-state index is 0.205. The number of nitrogens with zero attached hydrogens (tertiary/aromatic N) is 3. The number of benzene rings is 1. The Morgan fingerprint density at radius 2 is 1.92 bits per heavy atom. The number of pyridine rings is 1. The number of epoxide rings is 1. The number of rotatable bonds is 4. The fourth-order valence-electron chi connectivity index (χ4n) is 2.66. The van der Waals surface area contributed by atoms with E-state index in [-0.39, 0.29) is 6.10 Å². The Morgan fingerprint density at radius 3 is 2.58 bits per heavy atom. The highest BCUT2D eigenvalue weighted by molar-refractivity contribution is 7.18. The summed E-state index contributed by atoms with van der Waals surface area (Å²) in [5, 5.41) is 1.18. The highest BCUT2D eigenvalue weighted by Gasteiger charge is 2.28. The molecule has 4 rings (SSSR count). The molecule has 0 saturated carbocycles. The first-order valence-electron chi connectivity index (χ1n) is 7.98. The molecule has 5 heteroatoms. The van der Waals surface area contributed by atoms with Crippen molar-refractivity contribution >= 4 is 39.5 Å². The highest BCUT2D eigenvalue weighted by Crippen LogP contribution is 2.30. The topological polar surface area (TPSA) is 32.5 Å². The Labute approximate surface area is 145 Å². The summed E-state index contributed by atoms with van der Waals surface area (Å²) in [6, 6.07) is 12.8. The molecule has 122 valence electrons. The van der Waals surface area contributed by atoms with Crippen LogP contribution in [0.5, 0.6) is 0 Å². The van der Waals surface area contributed by atoms with Gasteiger partial charge in [-0.1, -0.05) is 12.1 Å². The molecular weight excluding hydrogens is 318 g/mol. The smallest absolute Gasteiger partial charge is 0.264 e. The summed E-state index contributed by atoms with van der Waals surface area (Å²) in [5.41, 5.74) is 4.60. The lowest BCUT2D eigenvalue weighted by molar-refractivity contribution is -0.642. The van der Waals surface area contributed by atoms with E-state index in [1.54, 1.807) is 11.3 Å². The number of fused-ring (bicyclic) bond motifs is 1. The SMILES string of the molecule is CN(C)c1ccc(C=Cc2sc3nc(C4CO4)ccc3[n+]2C)cc1. The van der Waals surface area contributed by atoms with Crippen molar-refractivity contribution in [2.24, 2.45) is 7.05 Å². The molecule has 1 aliphatic heterocycles. The van der Waals surface area contributed by atoms with Gasteiger partial charge in [-0.05, 0) is 41.2 Å². The van der Waals surface area contributed by atoms with Crippen LogP contribution in [0.25, 0.3) is 22.5 Å². The predicted molar refractivity (Wildman–Crippen MR) is 99.2 cm³/mol. The normalized spacial score (nSPS) is 16.9. The molecule has 2 aromatic heterocycles. The summed E-state index contributed by atoms with van der Waals surface area (Å²) < 4.78 is 7.52. The fraction of sp³-hybridized carbons (Fsp3) is 0.263. The molecule has 0 aliphatic carbocycles. The fourth-order valence-corrected chi connectivity index (χ4v) is 3.69. The standard InChI is InChI=1S/C19H20N3OS/c1-21(2)14-7-4-13(5-8-14)6-11-18-22(3)16-10-9-15(17-12-23-17)20-19(16)24-18/h4-11,17H,12H2,1-3H3/q+1. The molecule has 1 fully saturated rings. The number of aromatic nitrogens is 2. The van der Waals surface area contributed by atoms with Crippen molar-refractivity contribution in [3.05, 3.63) is 52.7 Å². The maximum Gasteiger partial charge on any atom is 0.264 e. The second-order valence-electron chi connectivity index (χ2n) is 6.20. The molecule has 1 atom stereocenters. The third-order valence-electron chi connectivity index (χ3n) is 4.25. The van der Waals surface area contributed by atoms with Crippen LogP contribution in [0.3, 0.4) is 0 Å². The molecule has 0 radical (unpaired) electrons. The van der Waals surface area contributed by atoms with Crippen molar-refractivity contribution in [3.8, 4) is 0 Å². The quantitative estimate of drug-likeness (QED) is 0.540. The van der Waals surface area contributed by atoms with Gasteiger partial charge in [0, 0.05) is 31.9 Å². The lowest BCUT2D eigenvalue weighted by Crippen LogP contribution is -2.28. The summed E-state index contributed by atoms with van der Waals surface area (Å²) in [4.78, 5) is 7.90. The van der Waals surface area contributed by atoms with Crippen molar-refractivity contribution in [1.29, 1.82) is 0 Å². The minimum Gasteiger partial charge on any atom is -0.378 e. The average Bonchev–Trinajstić information content (AvgIpc) is 3.39. The van der Waals surface area contributed by atoms with Crippen LogP contribution in [0.1, 0.15) is 22.4 Å². The van der Waals surface area contributed by atoms with E-state index in [9.17, 15) is 0 Å². The molecule has 0 spiro atoms. The van der Waals surface area contributed by atoms with Gasteiger partial charge < -0.3 is 9.64 Å². The monoisotopic (exact) mass is 338 g/mol. The van der Waals surface area contributed by atoms with Gasteiger partial charge in [-0.25, -0.2) is 4.98 Å². The van der Waals surface area contributed by atoms with E-state index < -0.39 is 0 Å². The Kier molecular flexibility index (Phi) is 3.82. The summed E-state index contributed by atoms with van der Waals surface area (Å²) in [6.45, 7) is 0.797. The number of thiazole rings is 1. The van der Waals surface area contributed by atoms with Crippen LogP contribution in [0, 0.1) is 0 Å². The van der Waals surface area contributed by atoms with Gasteiger partial charge in [0.2, 0.25) is 5.52 Å². The van der Waals surface area contributed by atoms with Crippen molar-refractivity contribution in [1.82, 2.24) is 4.98 Å². The van der Waals surface area contributed by atoms with Gasteiger partial charge in [-0.2, -0.15) is 4.57 Å². The zero-order valence-corrected chi connectivity index (χ0v) is 14.9. The highest BCUT2D eigenvalue weighted by atomic mass is 32.1. The summed E-state index contributed by atoms with van der Waals surface area (Å²) in [5.74, 6) is 0. The third kappa shape index (κ3) is 2.92. The first-order chi connectivity index (χ1) is 11.6. The third-order valence-corrected chi connectivity index (χ3v) is 5.36. The molecule has 24 heavy (non-hydrogen) atoms. The number of ether oxygens (including phenoxy) is 1. The number of hydrogen-bond donors (Lipinski definition) is 0. The number of hydrogen-bond acceptors (Lipinski definition) is 4. The van der Waals surface area contributed by atoms with E-state index in [4.69, 9.17) is 9.72 Å². The molecule has 1 aliphatic rings. The van der Waals surface area contributed by atoms with E-state index in [0.29, 0.717) is 0 Å². The maximum atomic E-state index is 5.33. The summed E-state index contributed by atoms with van der Waals surface area (Å²) in [7, 11) is 6.19. The molecule has 4 nitrogen and oxygen atoms in total. The zero-order chi connectivity index (χ0) is 16.7. The molecule has 1 unspecified atom stereocenters. The van der Waals surface area contributed by atoms with Crippen LogP contribution < -0.4 is 9.47 Å². The van der Waals surface area contributed by atoms with Gasteiger partial charge in [0.15, 0.2) is 4.83 Å². The Bertz CT molecular complexity index is 908. The summed E-state index contributed by atoms with van der Waals surface area (Å²) >= 11 is 1.71. The molecule has 0 N–H and O–H groups in total. The number of aryl methyl sites for hydroxylation is 1. The second-order valence-corrected chi connectivity index (χ2v) is 7.21. The predicted octanol–water partition coefficient (Wildman–Crippen LogP) is 3.43. The van der Waals surface area contributed by atoms with E-state index in [1.165, 1.54) is 16.3 Å². The van der Waals surface area contributed by atoms with Gasteiger partial charge in [-0.15, -0.1) is 0 Å². The lowest BCUT2D eigenvalue weighted by Gasteiger charge is -2.11. The van der Waals surface area contributed by atoms with E-state index in [1.807, 2.05) is 0 Å². The Hall–Kier alpha value is -2.24. The van der Waals surface area contributed by atoms with Crippen molar-refractivity contribution in [2.45, 2.75) is 6.10 Å². The molecular formula is C19H20N3OS+. The van der Waals surface area contributed by atoms with Gasteiger partial charge in [0.25, 0.3) is 5.01 Å². The van der Waals surface area contributed by atoms with Gasteiger partial charge in [0.05, 0.1) is 12.3 Å². The van der Waals surface area contributed by atoms with Crippen LogP contribution in [-0.4, -0.2) is 25.7 Å². The molecule has 0 bridgehead atoms. The Balaban J connectivity index is 1.62. The average molecular weight is 338 g/mol. The minimum atomic E-state index is 0.205. The molecule has 1 saturated heterocycles. The van der Waals surface area contributed by atoms with Crippen LogP contribution in [0.15, 0.2) is 36.4 Å². The lowest BCUT2D eigenvalue weighted by atomic mass is 10.2. The van der Waals surface area contributed by atoms with E-state index in [2.05, 4.69) is 79.2 Å². The first kappa shape index (κ1) is 15.3. The molecule has 1 aromatic carbocycles. The molecule has 3 aromatic rings. The van der Waals surface area contributed by atoms with E-state index in [0.717, 1.165) is 22.6 Å². The number of anilines is 1. The largest absolute Gasteiger partial charge is 0.378 e. The summed E-state index contributed by atoms with van der Waals surface area (Å²) in [6.07, 6.45) is 4.51. The van der Waals surface area contributed by atoms with Crippen molar-refractivity contribution < 1.29 is 9.30 Å². The van der Waals surface area contributed by atoms with Crippen molar-refractivity contribution in [2.75, 3.05) is 25.6 Å². The maximum absolute atomic E-state index is 5.33. The van der Waals surface area contributed by atoms with Crippen LogP contribution >= 0.6 is 11.3 Å². The van der Waals surface area contributed by atoms with Crippen molar-refractivity contribution in [3.63, 3.8) is 0 Å². The van der Waals surface area contributed by atoms with Crippen LogP contribution in [-0.2, 0) is 11.8 Å². The van der Waals surface area contributed by atoms with E-state index >= 15 is 0 Å². The van der Waals surface area contributed by atoms with Crippen LogP contribution in [0.2, 0.25) is 0 Å². The second kappa shape index (κ2) is 6.00.